The van der Waals surface area contributed by atoms with Gasteiger partial charge in [0.05, 0.1) is 21.4 Å². The van der Waals surface area contributed by atoms with Crippen LogP contribution in [-0.2, 0) is 20.0 Å². The van der Waals surface area contributed by atoms with E-state index in [9.17, 15) is 16.8 Å². The lowest BCUT2D eigenvalue weighted by atomic mass is 10.3. The summed E-state index contributed by atoms with van der Waals surface area (Å²) < 4.78 is 47.9. The summed E-state index contributed by atoms with van der Waals surface area (Å²) in [6, 6.07) is 3.57. The average Bonchev–Trinajstić information content (AvgIpc) is 2.27. The highest BCUT2D eigenvalue weighted by Crippen LogP contribution is 2.25. The number of sulfonamides is 2. The van der Waals surface area contributed by atoms with Crippen LogP contribution in [0.3, 0.4) is 0 Å². The topological polar surface area (TPSA) is 106 Å². The number of anilines is 1. The van der Waals surface area contributed by atoms with Crippen molar-refractivity contribution in [3.63, 3.8) is 0 Å². The Morgan fingerprint density at radius 2 is 1.89 bits per heavy atom. The van der Waals surface area contributed by atoms with Crippen molar-refractivity contribution in [2.24, 2.45) is 5.14 Å². The number of hydrogen-bond donors (Lipinski definition) is 2. The van der Waals surface area contributed by atoms with Crippen LogP contribution in [0.25, 0.3) is 0 Å². The Bertz CT molecular complexity index is 656. The maximum absolute atomic E-state index is 11.7. The molecule has 1 aromatic carbocycles. The molecule has 0 amide bonds. The summed E-state index contributed by atoms with van der Waals surface area (Å²) in [5.74, 6) is -0.0171. The van der Waals surface area contributed by atoms with Gasteiger partial charge in [0.15, 0.2) is 0 Å². The van der Waals surface area contributed by atoms with Crippen LogP contribution in [0.1, 0.15) is 19.8 Å². The van der Waals surface area contributed by atoms with E-state index in [2.05, 4.69) is 4.72 Å². The molecule has 0 saturated carbocycles. The van der Waals surface area contributed by atoms with Crippen molar-refractivity contribution in [2.75, 3.05) is 10.5 Å². The van der Waals surface area contributed by atoms with Crippen LogP contribution in [0.2, 0.25) is 5.02 Å². The van der Waals surface area contributed by atoms with E-state index >= 15 is 0 Å². The summed E-state index contributed by atoms with van der Waals surface area (Å²) in [5.41, 5.74) is 0.130. The Labute approximate surface area is 118 Å². The zero-order valence-electron chi connectivity index (χ0n) is 10.3. The van der Waals surface area contributed by atoms with Crippen LogP contribution in [0.5, 0.6) is 0 Å². The van der Waals surface area contributed by atoms with Gasteiger partial charge in [-0.15, -0.1) is 0 Å². The molecule has 0 spiro atoms. The predicted octanol–water partition coefficient (Wildman–Crippen LogP) is 1.53. The van der Waals surface area contributed by atoms with Gasteiger partial charge in [0.1, 0.15) is 0 Å². The van der Waals surface area contributed by atoms with Crippen molar-refractivity contribution in [2.45, 2.75) is 24.7 Å². The third kappa shape index (κ3) is 4.98. The van der Waals surface area contributed by atoms with Gasteiger partial charge in [-0.1, -0.05) is 24.9 Å². The van der Waals surface area contributed by atoms with Gasteiger partial charge < -0.3 is 0 Å². The molecule has 0 aromatic heterocycles. The van der Waals surface area contributed by atoms with Crippen LogP contribution in [-0.4, -0.2) is 22.6 Å². The second-order valence-corrected chi connectivity index (χ2v) is 7.77. The van der Waals surface area contributed by atoms with Crippen molar-refractivity contribution in [3.05, 3.63) is 23.2 Å². The predicted molar refractivity (Wildman–Crippen MR) is 75.1 cm³/mol. The van der Waals surface area contributed by atoms with Gasteiger partial charge in [0.25, 0.3) is 0 Å². The van der Waals surface area contributed by atoms with Crippen LogP contribution >= 0.6 is 11.6 Å². The van der Waals surface area contributed by atoms with Crippen LogP contribution in [0.4, 0.5) is 5.69 Å². The third-order valence-electron chi connectivity index (χ3n) is 2.30. The summed E-state index contributed by atoms with van der Waals surface area (Å²) in [7, 11) is -7.34. The molecular weight excluding hydrogens is 312 g/mol. The monoisotopic (exact) mass is 326 g/mol. The largest absolute Gasteiger partial charge is 0.282 e. The van der Waals surface area contributed by atoms with E-state index in [1.54, 1.807) is 0 Å². The highest BCUT2D eigenvalue weighted by atomic mass is 35.5. The van der Waals surface area contributed by atoms with Gasteiger partial charge in [-0.3, -0.25) is 4.72 Å². The van der Waals surface area contributed by atoms with Crippen molar-refractivity contribution < 1.29 is 16.8 Å². The van der Waals surface area contributed by atoms with Gasteiger partial charge >= 0.3 is 0 Å². The molecule has 3 N–H and O–H groups in total. The Morgan fingerprint density at radius 1 is 1.26 bits per heavy atom. The fourth-order valence-corrected chi connectivity index (χ4v) is 3.48. The first kappa shape index (κ1) is 16.2. The second kappa shape index (κ2) is 6.08. The fraction of sp³-hybridized carbons (Fsp3) is 0.400. The number of hydrogen-bond acceptors (Lipinski definition) is 4. The van der Waals surface area contributed by atoms with E-state index in [0.29, 0.717) is 6.42 Å². The first-order valence-corrected chi connectivity index (χ1v) is 9.06. The summed E-state index contributed by atoms with van der Waals surface area (Å²) in [6.45, 7) is 1.88. The smallest absolute Gasteiger partial charge is 0.238 e. The molecular formula is C10H15ClN2O4S2. The van der Waals surface area contributed by atoms with Gasteiger partial charge in [-0.25, -0.2) is 22.0 Å². The molecule has 0 atom stereocenters. The summed E-state index contributed by atoms with van der Waals surface area (Å²) in [5, 5.41) is 4.92. The number of unbranched alkanes of at least 4 members (excludes halogenated alkanes) is 1. The molecule has 0 aliphatic rings. The van der Waals surface area contributed by atoms with Crippen LogP contribution in [0, 0.1) is 0 Å². The molecule has 0 aliphatic heterocycles. The molecule has 6 nitrogen and oxygen atoms in total. The fourth-order valence-electron chi connectivity index (χ4n) is 1.31. The lowest BCUT2D eigenvalue weighted by Crippen LogP contribution is -2.17. The minimum atomic E-state index is -3.86. The molecule has 0 unspecified atom stereocenters. The van der Waals surface area contributed by atoms with Crippen molar-refractivity contribution in [1.29, 1.82) is 0 Å². The van der Waals surface area contributed by atoms with Crippen molar-refractivity contribution >= 4 is 37.3 Å². The summed E-state index contributed by atoms with van der Waals surface area (Å²) in [6.07, 6.45) is 1.28. The first-order valence-electron chi connectivity index (χ1n) is 5.48. The van der Waals surface area contributed by atoms with E-state index in [1.165, 1.54) is 12.1 Å². The molecule has 0 aliphatic carbocycles. The number of primary sulfonamides is 1. The van der Waals surface area contributed by atoms with E-state index in [1.807, 2.05) is 6.92 Å². The van der Waals surface area contributed by atoms with Crippen LogP contribution in [0.15, 0.2) is 23.1 Å². The SMILES string of the molecule is CCCCS(=O)(=O)Nc1ccc(S(N)(=O)=O)cc1Cl. The van der Waals surface area contributed by atoms with E-state index < -0.39 is 20.0 Å². The molecule has 0 bridgehead atoms. The molecule has 108 valence electrons. The third-order valence-corrected chi connectivity index (χ3v) is 4.88. The van der Waals surface area contributed by atoms with E-state index in [4.69, 9.17) is 16.7 Å². The quantitative estimate of drug-likeness (QED) is 0.826. The minimum absolute atomic E-state index is 0.0171. The Morgan fingerprint density at radius 3 is 2.37 bits per heavy atom. The number of rotatable bonds is 6. The maximum Gasteiger partial charge on any atom is 0.238 e. The van der Waals surface area contributed by atoms with Crippen LogP contribution < -0.4 is 9.86 Å². The Hall–Kier alpha value is -0.830. The van der Waals surface area contributed by atoms with E-state index in [-0.39, 0.29) is 21.4 Å². The lowest BCUT2D eigenvalue weighted by molar-refractivity contribution is 0.596. The molecule has 0 heterocycles. The molecule has 1 rings (SSSR count). The minimum Gasteiger partial charge on any atom is -0.282 e. The normalized spacial score (nSPS) is 12.4. The molecule has 0 radical (unpaired) electrons. The lowest BCUT2D eigenvalue weighted by Gasteiger charge is -2.10. The number of benzene rings is 1. The molecule has 19 heavy (non-hydrogen) atoms. The zero-order valence-corrected chi connectivity index (χ0v) is 12.6. The standard InChI is InChI=1S/C10H15ClN2O4S2/c1-2-3-6-18(14,15)13-10-5-4-8(7-9(10)11)19(12,16)17/h4-5,7,13H,2-3,6H2,1H3,(H2,12,16,17). The average molecular weight is 327 g/mol. The Kier molecular flexibility index (Phi) is 5.19. The first-order chi connectivity index (χ1) is 8.65. The van der Waals surface area contributed by atoms with Gasteiger partial charge in [0, 0.05) is 0 Å². The second-order valence-electron chi connectivity index (χ2n) is 3.96. The van der Waals surface area contributed by atoms with Crippen molar-refractivity contribution in [1.82, 2.24) is 0 Å². The maximum atomic E-state index is 11.7. The Balaban J connectivity index is 2.99. The highest BCUT2D eigenvalue weighted by molar-refractivity contribution is 7.92. The number of halogens is 1. The van der Waals surface area contributed by atoms with Gasteiger partial charge in [-0.2, -0.15) is 0 Å². The van der Waals surface area contributed by atoms with Gasteiger partial charge in [0.2, 0.25) is 20.0 Å². The zero-order chi connectivity index (χ0) is 14.7. The molecule has 1 aromatic rings. The molecule has 0 saturated heterocycles. The summed E-state index contributed by atoms with van der Waals surface area (Å²) in [4.78, 5) is -0.172. The summed E-state index contributed by atoms with van der Waals surface area (Å²) >= 11 is 5.83. The molecule has 0 fully saturated rings. The van der Waals surface area contributed by atoms with Crippen molar-refractivity contribution in [3.8, 4) is 0 Å². The van der Waals surface area contributed by atoms with Gasteiger partial charge in [-0.05, 0) is 24.6 Å². The number of nitrogens with one attached hydrogen (secondary N) is 1. The number of nitrogens with two attached hydrogens (primary N) is 1. The highest BCUT2D eigenvalue weighted by Gasteiger charge is 2.14. The molecule has 9 heteroatoms. The van der Waals surface area contributed by atoms with E-state index in [0.717, 1.165) is 12.5 Å².